The molecule has 1 unspecified atom stereocenters. The van der Waals surface area contributed by atoms with Gasteiger partial charge in [0.05, 0.1) is 23.5 Å². The number of rotatable bonds is 7. The summed E-state index contributed by atoms with van der Waals surface area (Å²) in [5.74, 6) is -0.391. The molecule has 2 aromatic rings. The van der Waals surface area contributed by atoms with Crippen molar-refractivity contribution < 1.29 is 14.6 Å². The first-order valence-corrected chi connectivity index (χ1v) is 9.08. The average molecular weight is 422 g/mol. The number of carboxylic acid groups (broad SMARTS) is 1. The molecule has 2 aromatic carbocycles. The lowest BCUT2D eigenvalue weighted by Gasteiger charge is -2.33. The first kappa shape index (κ1) is 19.8. The lowest BCUT2D eigenvalue weighted by atomic mass is 10.2. The lowest BCUT2D eigenvalue weighted by Crippen LogP contribution is -2.48. The minimum atomic E-state index is -1.07. The van der Waals surface area contributed by atoms with Crippen LogP contribution in [0.5, 0.6) is 5.75 Å². The fourth-order valence-electron chi connectivity index (χ4n) is 2.52. The number of ether oxygens (including phenoxy) is 1. The van der Waals surface area contributed by atoms with E-state index >= 15 is 0 Å². The van der Waals surface area contributed by atoms with E-state index in [-0.39, 0.29) is 16.2 Å². The van der Waals surface area contributed by atoms with Gasteiger partial charge in [-0.05, 0) is 54.4 Å². The van der Waals surface area contributed by atoms with Crippen LogP contribution in [0.2, 0.25) is 0 Å². The van der Waals surface area contributed by atoms with Gasteiger partial charge in [0.2, 0.25) is 16.9 Å². The average Bonchev–Trinajstić information content (AvgIpc) is 2.65. The van der Waals surface area contributed by atoms with Crippen LogP contribution in [0, 0.1) is 0 Å². The number of benzene rings is 2. The lowest BCUT2D eigenvalue weighted by molar-refractivity contribution is 0.0698. The van der Waals surface area contributed by atoms with Gasteiger partial charge in [-0.2, -0.15) is 4.99 Å². The molecule has 1 atom stereocenters. The fraction of sp³-hybridized carbons (Fsp3) is 0.167. The summed E-state index contributed by atoms with van der Waals surface area (Å²) in [6, 6.07) is 13.7. The van der Waals surface area contributed by atoms with Gasteiger partial charge in [0.1, 0.15) is 5.75 Å². The summed E-state index contributed by atoms with van der Waals surface area (Å²) in [5.41, 5.74) is 4.20. The van der Waals surface area contributed by atoms with Gasteiger partial charge in [-0.25, -0.2) is 14.8 Å². The topological polar surface area (TPSA) is 98.5 Å². The van der Waals surface area contributed by atoms with Gasteiger partial charge in [-0.3, -0.25) is 5.43 Å². The highest BCUT2D eigenvalue weighted by molar-refractivity contribution is 6.71. The number of hydrogen-bond acceptors (Lipinski definition) is 7. The third-order valence-corrected chi connectivity index (χ3v) is 4.14. The molecule has 0 amide bonds. The molecule has 0 aliphatic carbocycles. The maximum Gasteiger partial charge on any atom is 0.337 e. The van der Waals surface area contributed by atoms with Crippen molar-refractivity contribution in [3.63, 3.8) is 0 Å². The van der Waals surface area contributed by atoms with Crippen LogP contribution in [0.3, 0.4) is 0 Å². The summed E-state index contributed by atoms with van der Waals surface area (Å²) in [6.07, 6.45) is -0.839. The number of carboxylic acids is 1. The number of aliphatic imine (C=N–C) groups is 2. The van der Waals surface area contributed by atoms with E-state index in [2.05, 4.69) is 20.7 Å². The van der Waals surface area contributed by atoms with Crippen LogP contribution in [-0.4, -0.2) is 39.6 Å². The quantitative estimate of drug-likeness (QED) is 0.584. The van der Waals surface area contributed by atoms with Crippen molar-refractivity contribution in [2.24, 2.45) is 9.98 Å². The number of anilines is 2. The van der Waals surface area contributed by atoms with Gasteiger partial charge < -0.3 is 15.2 Å². The Morgan fingerprint density at radius 3 is 2.79 bits per heavy atom. The minimum absolute atomic E-state index is 0.0344. The van der Waals surface area contributed by atoms with E-state index < -0.39 is 12.3 Å². The third-order valence-electron chi connectivity index (χ3n) is 3.69. The minimum Gasteiger partial charge on any atom is -0.494 e. The zero-order valence-electron chi connectivity index (χ0n) is 14.8. The second kappa shape index (κ2) is 8.81. The number of nitrogens with one attached hydrogen (secondary N) is 2. The summed E-state index contributed by atoms with van der Waals surface area (Å²) in [7, 11) is 0. The third kappa shape index (κ3) is 4.65. The Bertz CT molecular complexity index is 935. The molecule has 0 bridgehead atoms. The van der Waals surface area contributed by atoms with Crippen molar-refractivity contribution in [1.82, 2.24) is 5.01 Å². The van der Waals surface area contributed by atoms with Gasteiger partial charge in [-0.1, -0.05) is 18.2 Å². The highest BCUT2D eigenvalue weighted by atomic mass is 35.5. The molecule has 0 aromatic heterocycles. The van der Waals surface area contributed by atoms with Crippen LogP contribution in [0.4, 0.5) is 11.4 Å². The first-order valence-electron chi connectivity index (χ1n) is 8.33. The monoisotopic (exact) mass is 421 g/mol. The fourth-order valence-corrected chi connectivity index (χ4v) is 2.95. The Morgan fingerprint density at radius 2 is 2.04 bits per heavy atom. The number of hydrogen-bond donors (Lipinski definition) is 3. The number of carbonyl (C=O) groups is 1. The smallest absolute Gasteiger partial charge is 0.337 e. The SMILES string of the molecule is CCOc1cccc(NN2C(Cl)=NC(Cl)=NC2Nc2ccccc2C(=O)O)c1. The summed E-state index contributed by atoms with van der Waals surface area (Å²) < 4.78 is 5.49. The Labute approximate surface area is 171 Å². The molecule has 10 heteroatoms. The van der Waals surface area contributed by atoms with Gasteiger partial charge in [0.25, 0.3) is 0 Å². The Kier molecular flexibility index (Phi) is 6.23. The Morgan fingerprint density at radius 1 is 1.25 bits per heavy atom. The largest absolute Gasteiger partial charge is 0.494 e. The maximum atomic E-state index is 11.5. The molecule has 0 saturated carbocycles. The summed E-state index contributed by atoms with van der Waals surface area (Å²) >= 11 is 12.2. The second-order valence-electron chi connectivity index (χ2n) is 5.59. The van der Waals surface area contributed by atoms with Crippen LogP contribution >= 0.6 is 23.2 Å². The molecular formula is C18H17Cl2N5O3. The van der Waals surface area contributed by atoms with E-state index in [0.717, 1.165) is 0 Å². The highest BCUT2D eigenvalue weighted by Crippen LogP contribution is 2.24. The van der Waals surface area contributed by atoms with Gasteiger partial charge in [-0.15, -0.1) is 0 Å². The van der Waals surface area contributed by atoms with E-state index in [9.17, 15) is 9.90 Å². The van der Waals surface area contributed by atoms with Crippen LogP contribution in [0.1, 0.15) is 17.3 Å². The maximum absolute atomic E-state index is 11.5. The van der Waals surface area contributed by atoms with Crippen molar-refractivity contribution >= 4 is 51.1 Å². The van der Waals surface area contributed by atoms with E-state index in [1.54, 1.807) is 24.3 Å². The van der Waals surface area contributed by atoms with E-state index in [4.69, 9.17) is 27.9 Å². The number of halogens is 2. The zero-order chi connectivity index (χ0) is 20.1. The van der Waals surface area contributed by atoms with Gasteiger partial charge in [0.15, 0.2) is 0 Å². The molecule has 1 heterocycles. The molecular weight excluding hydrogens is 405 g/mol. The molecule has 0 saturated heterocycles. The van der Waals surface area contributed by atoms with Crippen molar-refractivity contribution in [3.05, 3.63) is 54.1 Å². The number of para-hydroxylation sites is 1. The van der Waals surface area contributed by atoms with Crippen molar-refractivity contribution in [1.29, 1.82) is 0 Å². The number of hydrazine groups is 1. The standard InChI is InChI=1S/C18H17Cl2N5O3/c1-2-28-12-7-5-6-11(10-12)24-25-17(20)22-16(19)23-18(25)21-14-9-4-3-8-13(14)15(26)27/h3-10,18,21,24H,2H2,1H3,(H,26,27). The van der Waals surface area contributed by atoms with Gasteiger partial charge in [0, 0.05) is 6.07 Å². The van der Waals surface area contributed by atoms with E-state index in [1.165, 1.54) is 11.1 Å². The molecule has 3 N–H and O–H groups in total. The summed E-state index contributed by atoms with van der Waals surface area (Å²) in [6.45, 7) is 2.43. The van der Waals surface area contributed by atoms with Crippen LogP contribution in [0.15, 0.2) is 58.5 Å². The molecule has 8 nitrogen and oxygen atoms in total. The molecule has 28 heavy (non-hydrogen) atoms. The Balaban J connectivity index is 1.87. The normalized spacial score (nSPS) is 16.1. The van der Waals surface area contributed by atoms with E-state index in [1.807, 2.05) is 25.1 Å². The predicted octanol–water partition coefficient (Wildman–Crippen LogP) is 4.01. The van der Waals surface area contributed by atoms with Crippen molar-refractivity contribution in [2.45, 2.75) is 13.2 Å². The highest BCUT2D eigenvalue weighted by Gasteiger charge is 2.27. The predicted molar refractivity (Wildman–Crippen MR) is 110 cm³/mol. The van der Waals surface area contributed by atoms with Crippen molar-refractivity contribution in [3.8, 4) is 5.75 Å². The summed E-state index contributed by atoms with van der Waals surface area (Å²) in [4.78, 5) is 19.6. The van der Waals surface area contributed by atoms with Crippen molar-refractivity contribution in [2.75, 3.05) is 17.3 Å². The van der Waals surface area contributed by atoms with Gasteiger partial charge >= 0.3 is 5.97 Å². The number of amidine groups is 2. The molecule has 0 spiro atoms. The number of nitrogens with zero attached hydrogens (tertiary/aromatic N) is 3. The van der Waals surface area contributed by atoms with Crippen LogP contribution < -0.4 is 15.5 Å². The van der Waals surface area contributed by atoms with E-state index in [0.29, 0.717) is 23.7 Å². The second-order valence-corrected chi connectivity index (χ2v) is 6.27. The van der Waals surface area contributed by atoms with Crippen LogP contribution in [-0.2, 0) is 0 Å². The summed E-state index contributed by atoms with van der Waals surface area (Å²) in [5, 5.41) is 13.8. The number of aromatic carboxylic acids is 1. The molecule has 3 rings (SSSR count). The molecule has 1 aliphatic heterocycles. The molecule has 0 fully saturated rings. The molecule has 1 aliphatic rings. The molecule has 146 valence electrons. The zero-order valence-corrected chi connectivity index (χ0v) is 16.3. The van der Waals surface area contributed by atoms with Crippen LogP contribution in [0.25, 0.3) is 0 Å². The first-order chi connectivity index (χ1) is 13.5. The molecule has 0 radical (unpaired) electrons. The Hall–Kier alpha value is -2.97.